The topological polar surface area (TPSA) is 129 Å². The van der Waals surface area contributed by atoms with Crippen LogP contribution in [0.3, 0.4) is 0 Å². The van der Waals surface area contributed by atoms with Crippen molar-refractivity contribution < 1.29 is 19.2 Å². The number of nitrogens with zero attached hydrogens (tertiary/aromatic N) is 4. The molecule has 1 atom stereocenters. The zero-order chi connectivity index (χ0) is 21.1. The number of halogens is 1. The highest BCUT2D eigenvalue weighted by molar-refractivity contribution is 6.30. The van der Waals surface area contributed by atoms with Crippen molar-refractivity contribution >= 4 is 17.6 Å². The summed E-state index contributed by atoms with van der Waals surface area (Å²) in [6.45, 7) is -0.281. The number of aliphatic hydroxyl groups excluding tert-OH is 1. The van der Waals surface area contributed by atoms with E-state index in [0.717, 1.165) is 22.3 Å². The van der Waals surface area contributed by atoms with Gasteiger partial charge in [-0.1, -0.05) is 28.9 Å². The second kappa shape index (κ2) is 8.41. The van der Waals surface area contributed by atoms with Crippen molar-refractivity contribution in [3.63, 3.8) is 0 Å². The van der Waals surface area contributed by atoms with Crippen molar-refractivity contribution in [1.29, 1.82) is 0 Å². The fourth-order valence-electron chi connectivity index (χ4n) is 2.66. The van der Waals surface area contributed by atoms with Crippen molar-refractivity contribution in [2.24, 2.45) is 7.05 Å². The number of carbonyl (C=O) groups excluding carboxylic acids is 1. The maximum atomic E-state index is 12.4. The molecule has 2 aromatic heterocycles. The summed E-state index contributed by atoms with van der Waals surface area (Å²) < 4.78 is 11.5. The van der Waals surface area contributed by atoms with Gasteiger partial charge in [0, 0.05) is 24.6 Å². The molecule has 0 bridgehead atoms. The molecule has 0 aliphatic rings. The lowest BCUT2D eigenvalue weighted by Crippen LogP contribution is -2.41. The van der Waals surface area contributed by atoms with Crippen molar-refractivity contribution in [3.8, 4) is 0 Å². The number of hydrogen-bond acceptors (Lipinski definition) is 8. The Labute approximate surface area is 168 Å². The number of ether oxygens (including phenoxy) is 1. The molecule has 0 spiro atoms. The number of aliphatic hydroxyl groups is 1. The van der Waals surface area contributed by atoms with Crippen LogP contribution in [0.5, 0.6) is 0 Å². The Morgan fingerprint density at radius 2 is 2.00 bits per heavy atom. The number of methoxy groups -OCH3 is 1. The van der Waals surface area contributed by atoms with E-state index in [0.29, 0.717) is 10.6 Å². The van der Waals surface area contributed by atoms with Gasteiger partial charge in [-0.15, -0.1) is 0 Å². The molecule has 0 saturated heterocycles. The van der Waals surface area contributed by atoms with Crippen LogP contribution in [0, 0.1) is 0 Å². The summed E-state index contributed by atoms with van der Waals surface area (Å²) in [5, 5.41) is 14.6. The van der Waals surface area contributed by atoms with Gasteiger partial charge in [-0.3, -0.25) is 13.9 Å². The molecular weight excluding hydrogens is 404 g/mol. The number of benzene rings is 1. The molecule has 0 amide bonds. The van der Waals surface area contributed by atoms with Gasteiger partial charge in [0.15, 0.2) is 5.82 Å². The van der Waals surface area contributed by atoms with Gasteiger partial charge in [0.2, 0.25) is 5.89 Å². The smallest absolute Gasteiger partial charge is 0.355 e. The first kappa shape index (κ1) is 20.5. The first-order chi connectivity index (χ1) is 13.8. The maximum absolute atomic E-state index is 12.4. The van der Waals surface area contributed by atoms with Gasteiger partial charge in [0.1, 0.15) is 12.2 Å². The second-order valence-corrected chi connectivity index (χ2v) is 6.60. The molecule has 0 saturated carbocycles. The number of esters is 1. The summed E-state index contributed by atoms with van der Waals surface area (Å²) in [6.07, 6.45) is -0.813. The molecule has 2 heterocycles. The van der Waals surface area contributed by atoms with Gasteiger partial charge in [-0.25, -0.2) is 9.59 Å². The minimum absolute atomic E-state index is 0.00771. The van der Waals surface area contributed by atoms with Crippen LogP contribution in [-0.2, 0) is 24.8 Å². The zero-order valence-corrected chi connectivity index (χ0v) is 16.3. The van der Waals surface area contributed by atoms with E-state index in [2.05, 4.69) is 14.9 Å². The molecule has 0 aliphatic carbocycles. The van der Waals surface area contributed by atoms with E-state index >= 15 is 0 Å². The molecule has 29 heavy (non-hydrogen) atoms. The third-order valence-corrected chi connectivity index (χ3v) is 4.49. The summed E-state index contributed by atoms with van der Waals surface area (Å²) in [5.41, 5.74) is -0.992. The van der Waals surface area contributed by atoms with Crippen LogP contribution in [0.2, 0.25) is 5.02 Å². The number of carbonyl (C=O) groups is 1. The number of hydrogen-bond donors (Lipinski definition) is 1. The fourth-order valence-corrected chi connectivity index (χ4v) is 2.79. The molecule has 1 aromatic carbocycles. The lowest BCUT2D eigenvalue weighted by atomic mass is 10.1. The average Bonchev–Trinajstić information content (AvgIpc) is 3.14. The lowest BCUT2D eigenvalue weighted by molar-refractivity contribution is 0.0587. The van der Waals surface area contributed by atoms with Crippen LogP contribution in [0.1, 0.15) is 33.9 Å². The molecule has 0 aliphatic heterocycles. The van der Waals surface area contributed by atoms with Crippen LogP contribution >= 0.6 is 11.6 Å². The van der Waals surface area contributed by atoms with Crippen LogP contribution < -0.4 is 11.2 Å². The number of rotatable bonds is 6. The molecule has 11 heteroatoms. The average molecular weight is 421 g/mol. The van der Waals surface area contributed by atoms with Gasteiger partial charge < -0.3 is 14.4 Å². The van der Waals surface area contributed by atoms with Gasteiger partial charge in [-0.2, -0.15) is 4.98 Å². The Bertz CT molecular complexity index is 1150. The fraction of sp³-hybridized carbons (Fsp3) is 0.278. The lowest BCUT2D eigenvalue weighted by Gasteiger charge is -2.09. The third kappa shape index (κ3) is 4.44. The standard InChI is InChI=1S/C18H17ClN4O6/c1-22-12(17(26)28-2)7-16(25)23(18(22)27)9-15-20-14(21-29-15)8-13(24)10-3-5-11(19)6-4-10/h3-7,13,24H,8-9H2,1-2H3/t13-/m0/s1. The van der Waals surface area contributed by atoms with Gasteiger partial charge in [-0.05, 0) is 17.7 Å². The van der Waals surface area contributed by atoms with Gasteiger partial charge >= 0.3 is 11.7 Å². The molecule has 10 nitrogen and oxygen atoms in total. The molecular formula is C18H17ClN4O6. The number of aromatic nitrogens is 4. The maximum Gasteiger partial charge on any atom is 0.355 e. The molecule has 152 valence electrons. The molecule has 0 unspecified atom stereocenters. The first-order valence-corrected chi connectivity index (χ1v) is 8.82. The predicted octanol–water partition coefficient (Wildman–Crippen LogP) is 0.694. The van der Waals surface area contributed by atoms with E-state index in [-0.39, 0.29) is 30.4 Å². The first-order valence-electron chi connectivity index (χ1n) is 8.44. The molecule has 3 aromatic rings. The Hall–Kier alpha value is -3.24. The monoisotopic (exact) mass is 420 g/mol. The Morgan fingerprint density at radius 1 is 1.31 bits per heavy atom. The summed E-state index contributed by atoms with van der Waals surface area (Å²) in [6, 6.07) is 7.67. The Balaban J connectivity index is 1.79. The quantitative estimate of drug-likeness (QED) is 0.576. The summed E-state index contributed by atoms with van der Waals surface area (Å²) in [7, 11) is 2.49. The van der Waals surface area contributed by atoms with Crippen LogP contribution in [0.25, 0.3) is 0 Å². The molecule has 1 N–H and O–H groups in total. The van der Waals surface area contributed by atoms with Gasteiger partial charge in [0.25, 0.3) is 5.56 Å². The van der Waals surface area contributed by atoms with E-state index in [1.807, 2.05) is 0 Å². The van der Waals surface area contributed by atoms with E-state index in [1.165, 1.54) is 7.05 Å². The third-order valence-electron chi connectivity index (χ3n) is 4.23. The van der Waals surface area contributed by atoms with Gasteiger partial charge in [0.05, 0.1) is 13.2 Å². The van der Waals surface area contributed by atoms with Crippen molar-refractivity contribution in [2.75, 3.05) is 7.11 Å². The second-order valence-electron chi connectivity index (χ2n) is 6.16. The normalized spacial score (nSPS) is 12.0. The van der Waals surface area contributed by atoms with E-state index < -0.39 is 23.3 Å². The molecule has 0 radical (unpaired) electrons. The summed E-state index contributed by atoms with van der Waals surface area (Å²) >= 11 is 5.83. The minimum atomic E-state index is -0.882. The Morgan fingerprint density at radius 3 is 2.66 bits per heavy atom. The van der Waals surface area contributed by atoms with E-state index in [4.69, 9.17) is 16.1 Å². The molecule has 3 rings (SSSR count). The predicted molar refractivity (Wildman–Crippen MR) is 101 cm³/mol. The van der Waals surface area contributed by atoms with Crippen LogP contribution in [0.15, 0.2) is 44.4 Å². The zero-order valence-electron chi connectivity index (χ0n) is 15.5. The Kier molecular flexibility index (Phi) is 5.95. The highest BCUT2D eigenvalue weighted by atomic mass is 35.5. The van der Waals surface area contributed by atoms with Crippen LogP contribution in [-0.4, -0.2) is 37.5 Å². The highest BCUT2D eigenvalue weighted by Gasteiger charge is 2.18. The summed E-state index contributed by atoms with van der Waals surface area (Å²) in [5.74, 6) is -0.586. The largest absolute Gasteiger partial charge is 0.464 e. The van der Waals surface area contributed by atoms with Crippen molar-refractivity contribution in [3.05, 3.63) is 79.2 Å². The van der Waals surface area contributed by atoms with Crippen molar-refractivity contribution in [1.82, 2.24) is 19.3 Å². The van der Waals surface area contributed by atoms with Crippen molar-refractivity contribution in [2.45, 2.75) is 19.1 Å². The highest BCUT2D eigenvalue weighted by Crippen LogP contribution is 2.19. The van der Waals surface area contributed by atoms with E-state index in [1.54, 1.807) is 24.3 Å². The van der Waals surface area contributed by atoms with Crippen LogP contribution in [0.4, 0.5) is 0 Å². The SMILES string of the molecule is COC(=O)c1cc(=O)n(Cc2nc(C[C@H](O)c3ccc(Cl)cc3)no2)c(=O)n1C. The minimum Gasteiger partial charge on any atom is -0.464 e. The summed E-state index contributed by atoms with van der Waals surface area (Å²) in [4.78, 5) is 40.4. The van der Waals surface area contributed by atoms with E-state index in [9.17, 15) is 19.5 Å². The molecule has 0 fully saturated rings.